The molecule has 1 unspecified atom stereocenters. The van der Waals surface area contributed by atoms with Crippen molar-refractivity contribution in [3.63, 3.8) is 0 Å². The predicted octanol–water partition coefficient (Wildman–Crippen LogP) is 4.01. The van der Waals surface area contributed by atoms with E-state index in [0.29, 0.717) is 5.56 Å². The molecule has 0 spiro atoms. The number of benzene rings is 2. The highest BCUT2D eigenvalue weighted by atomic mass is 35.5. The number of halogens is 1. The van der Waals surface area contributed by atoms with Crippen LogP contribution in [0.4, 0.5) is 5.69 Å². The third-order valence-electron chi connectivity index (χ3n) is 2.69. The molecular weight excluding hydrogens is 254 g/mol. The van der Waals surface area contributed by atoms with Gasteiger partial charge in [0, 0.05) is 12.1 Å². The molecule has 17 heavy (non-hydrogen) atoms. The van der Waals surface area contributed by atoms with Crippen LogP contribution in [0.25, 0.3) is 0 Å². The van der Waals surface area contributed by atoms with E-state index in [0.717, 1.165) is 10.6 Å². The lowest BCUT2D eigenvalue weighted by Crippen LogP contribution is -2.33. The molecule has 3 rings (SSSR count). The molecular formula is C13H9ClNOS+. The minimum absolute atomic E-state index is 0.0848. The van der Waals surface area contributed by atoms with E-state index in [1.807, 2.05) is 54.6 Å². The fraction of sp³-hybridized carbons (Fsp3) is 0. The van der Waals surface area contributed by atoms with Crippen molar-refractivity contribution in [3.8, 4) is 0 Å². The Morgan fingerprint density at radius 1 is 0.941 bits per heavy atom. The lowest BCUT2D eigenvalue weighted by atomic mass is 10.2. The number of carbonyl (C=O) groups excluding carboxylic acids is 1. The second-order valence-corrected chi connectivity index (χ2v) is 5.64. The molecule has 0 bridgehead atoms. The highest BCUT2D eigenvalue weighted by molar-refractivity contribution is 8.01. The first kappa shape index (κ1) is 10.8. The zero-order valence-electron chi connectivity index (χ0n) is 8.84. The van der Waals surface area contributed by atoms with Gasteiger partial charge in [-0.15, -0.1) is 0 Å². The molecule has 2 aromatic carbocycles. The normalized spacial score (nSPS) is 22.5. The Labute approximate surface area is 109 Å². The molecule has 0 fully saturated rings. The van der Waals surface area contributed by atoms with Gasteiger partial charge >= 0.3 is 5.91 Å². The van der Waals surface area contributed by atoms with E-state index in [4.69, 9.17) is 11.8 Å². The molecule has 0 aliphatic carbocycles. The van der Waals surface area contributed by atoms with Crippen LogP contribution in [0, 0.1) is 0 Å². The van der Waals surface area contributed by atoms with E-state index >= 15 is 0 Å². The Hall–Kier alpha value is -1.29. The largest absolute Gasteiger partial charge is 0.382 e. The van der Waals surface area contributed by atoms with Crippen molar-refractivity contribution < 1.29 is 4.79 Å². The highest BCUT2D eigenvalue weighted by Crippen LogP contribution is 2.48. The molecule has 4 heteroatoms. The molecule has 0 radical (unpaired) electrons. The first-order valence-electron chi connectivity index (χ1n) is 5.20. The predicted molar refractivity (Wildman–Crippen MR) is 70.7 cm³/mol. The Morgan fingerprint density at radius 3 is 2.29 bits per heavy atom. The Bertz CT molecular complexity index is 587. The zero-order valence-corrected chi connectivity index (χ0v) is 10.4. The van der Waals surface area contributed by atoms with Crippen LogP contribution in [0.15, 0.2) is 59.5 Å². The van der Waals surface area contributed by atoms with Crippen molar-refractivity contribution in [1.29, 1.82) is 0 Å². The van der Waals surface area contributed by atoms with Crippen molar-refractivity contribution in [2.24, 2.45) is 0 Å². The van der Waals surface area contributed by atoms with E-state index < -0.39 is 0 Å². The van der Waals surface area contributed by atoms with Gasteiger partial charge in [0.2, 0.25) is 0 Å². The summed E-state index contributed by atoms with van der Waals surface area (Å²) < 4.78 is -0.264. The number of amides is 1. The summed E-state index contributed by atoms with van der Waals surface area (Å²) in [5.41, 5.74) is 1.47. The molecule has 1 atom stereocenters. The molecule has 84 valence electrons. The summed E-state index contributed by atoms with van der Waals surface area (Å²) in [5, 5.41) is 0. The number of carbonyl (C=O) groups is 1. The summed E-state index contributed by atoms with van der Waals surface area (Å²) >= 11 is 7.82. The second kappa shape index (κ2) is 3.88. The van der Waals surface area contributed by atoms with Crippen molar-refractivity contribution in [2.45, 2.75) is 4.90 Å². The quantitative estimate of drug-likeness (QED) is 0.571. The third-order valence-corrected chi connectivity index (χ3v) is 4.43. The number of nitrogens with zero attached hydrogens (tertiary/aromatic N) is 1. The smallest absolute Gasteiger partial charge is 0.222 e. The number of hydrogen-bond donors (Lipinski definition) is 0. The topological polar surface area (TPSA) is 17.1 Å². The maximum atomic E-state index is 12.3. The van der Waals surface area contributed by atoms with E-state index in [2.05, 4.69) is 0 Å². The van der Waals surface area contributed by atoms with Crippen LogP contribution in [0.5, 0.6) is 0 Å². The van der Waals surface area contributed by atoms with Crippen LogP contribution in [-0.2, 0) is 0 Å². The van der Waals surface area contributed by atoms with Gasteiger partial charge in [0.1, 0.15) is 17.5 Å². The first-order valence-corrected chi connectivity index (χ1v) is 6.31. The fourth-order valence-electron chi connectivity index (χ4n) is 1.84. The van der Waals surface area contributed by atoms with Gasteiger partial charge in [0.05, 0.1) is 4.90 Å². The fourth-order valence-corrected chi connectivity index (χ4v) is 3.34. The molecule has 0 saturated carbocycles. The van der Waals surface area contributed by atoms with E-state index in [9.17, 15) is 4.79 Å². The number of fused-ring (bicyclic) bond motifs is 1. The van der Waals surface area contributed by atoms with Crippen molar-refractivity contribution >= 4 is 35.3 Å². The van der Waals surface area contributed by atoms with Gasteiger partial charge in [-0.2, -0.15) is 0 Å². The maximum Gasteiger partial charge on any atom is 0.382 e. The van der Waals surface area contributed by atoms with Gasteiger partial charge in [-0.25, -0.2) is 4.79 Å². The molecule has 2 aromatic rings. The first-order chi connectivity index (χ1) is 8.22. The lowest BCUT2D eigenvalue weighted by molar-refractivity contribution is 0.0935. The SMILES string of the molecule is O=C1c2ccccc2S[N+]1(Cl)c1ccccc1. The number of quaternary nitrogens is 1. The standard InChI is InChI=1S/C13H9ClNOS/c14-15(10-6-2-1-3-7-10)13(16)11-8-4-5-9-12(11)17-15/h1-9H/q+1. The van der Waals surface area contributed by atoms with Crippen LogP contribution in [0.1, 0.15) is 10.4 Å². The van der Waals surface area contributed by atoms with Crippen molar-refractivity contribution in [3.05, 3.63) is 60.2 Å². The molecule has 1 heterocycles. The highest BCUT2D eigenvalue weighted by Gasteiger charge is 2.49. The zero-order chi connectivity index (χ0) is 11.9. The van der Waals surface area contributed by atoms with Crippen molar-refractivity contribution in [1.82, 2.24) is 3.41 Å². The van der Waals surface area contributed by atoms with E-state index in [1.54, 1.807) is 0 Å². The van der Waals surface area contributed by atoms with Crippen molar-refractivity contribution in [2.75, 3.05) is 0 Å². The number of para-hydroxylation sites is 1. The Kier molecular flexibility index (Phi) is 2.47. The van der Waals surface area contributed by atoms with Gasteiger partial charge in [-0.1, -0.05) is 33.7 Å². The van der Waals surface area contributed by atoms with Crippen LogP contribution in [-0.4, -0.2) is 5.91 Å². The average Bonchev–Trinajstić information content (AvgIpc) is 2.65. The molecule has 1 amide bonds. The number of rotatable bonds is 1. The molecule has 1 aliphatic rings. The van der Waals surface area contributed by atoms with Crippen LogP contribution >= 0.6 is 23.7 Å². The lowest BCUT2D eigenvalue weighted by Gasteiger charge is -2.16. The Morgan fingerprint density at radius 2 is 1.59 bits per heavy atom. The average molecular weight is 263 g/mol. The second-order valence-electron chi connectivity index (χ2n) is 3.76. The van der Waals surface area contributed by atoms with Gasteiger partial charge in [-0.3, -0.25) is 0 Å². The van der Waals surface area contributed by atoms with Crippen LogP contribution in [0.2, 0.25) is 0 Å². The van der Waals surface area contributed by atoms with Gasteiger partial charge in [-0.05, 0) is 12.1 Å². The number of hydrogen-bond acceptors (Lipinski definition) is 2. The monoisotopic (exact) mass is 262 g/mol. The van der Waals surface area contributed by atoms with Crippen LogP contribution in [0.3, 0.4) is 0 Å². The summed E-state index contributed by atoms with van der Waals surface area (Å²) in [6, 6.07) is 16.9. The molecule has 0 N–H and O–H groups in total. The van der Waals surface area contributed by atoms with Gasteiger partial charge in [0.15, 0.2) is 17.5 Å². The summed E-state index contributed by atoms with van der Waals surface area (Å²) in [7, 11) is 0. The molecule has 0 aromatic heterocycles. The third kappa shape index (κ3) is 1.59. The maximum absolute atomic E-state index is 12.3. The van der Waals surface area contributed by atoms with E-state index in [-0.39, 0.29) is 9.31 Å². The summed E-state index contributed by atoms with van der Waals surface area (Å²) in [6.45, 7) is 0. The minimum atomic E-state index is -0.264. The minimum Gasteiger partial charge on any atom is -0.222 e. The molecule has 2 nitrogen and oxygen atoms in total. The van der Waals surface area contributed by atoms with E-state index in [1.165, 1.54) is 11.9 Å². The summed E-state index contributed by atoms with van der Waals surface area (Å²) in [5.74, 6) is -0.0848. The van der Waals surface area contributed by atoms with Crippen LogP contribution < -0.4 is 3.41 Å². The summed E-state index contributed by atoms with van der Waals surface area (Å²) in [6.07, 6.45) is 0. The Balaban J connectivity index is 2.12. The molecule has 0 saturated heterocycles. The summed E-state index contributed by atoms with van der Waals surface area (Å²) in [4.78, 5) is 13.3. The van der Waals surface area contributed by atoms with Gasteiger partial charge in [0.25, 0.3) is 0 Å². The molecule has 1 aliphatic heterocycles. The van der Waals surface area contributed by atoms with Gasteiger partial charge < -0.3 is 0 Å².